The van der Waals surface area contributed by atoms with Gasteiger partial charge >= 0.3 is 5.69 Å². The van der Waals surface area contributed by atoms with Gasteiger partial charge in [-0.3, -0.25) is 9.13 Å². The highest BCUT2D eigenvalue weighted by atomic mass is 79.9. The molecule has 0 atom stereocenters. The van der Waals surface area contributed by atoms with Crippen LogP contribution in [0, 0.1) is 5.82 Å². The Hall–Kier alpha value is -1.36. The van der Waals surface area contributed by atoms with Crippen LogP contribution in [0.25, 0.3) is 0 Å². The topological polar surface area (TPSA) is 26.9 Å². The third kappa shape index (κ3) is 2.56. The zero-order valence-electron chi connectivity index (χ0n) is 10.2. The first-order valence-corrected chi connectivity index (χ1v) is 6.49. The second-order valence-corrected chi connectivity index (χ2v) is 5.31. The van der Waals surface area contributed by atoms with Crippen LogP contribution in [0.5, 0.6) is 0 Å². The van der Waals surface area contributed by atoms with E-state index in [-0.39, 0.29) is 17.5 Å². The summed E-state index contributed by atoms with van der Waals surface area (Å²) in [5.41, 5.74) is 0.831. The summed E-state index contributed by atoms with van der Waals surface area (Å²) in [6.07, 6.45) is 3.52. The molecule has 96 valence electrons. The lowest BCUT2D eigenvalue weighted by Gasteiger charge is -2.05. The van der Waals surface area contributed by atoms with Gasteiger partial charge in [-0.25, -0.2) is 9.18 Å². The monoisotopic (exact) mass is 312 g/mol. The number of hydrogen-bond acceptors (Lipinski definition) is 1. The summed E-state index contributed by atoms with van der Waals surface area (Å²) in [5, 5.41) is 0. The number of hydrogen-bond donors (Lipinski definition) is 0. The highest BCUT2D eigenvalue weighted by molar-refractivity contribution is 9.10. The van der Waals surface area contributed by atoms with Crippen LogP contribution in [-0.2, 0) is 6.54 Å². The minimum absolute atomic E-state index is 0.0505. The first kappa shape index (κ1) is 13.1. The lowest BCUT2D eigenvalue weighted by atomic mass is 10.2. The number of imidazole rings is 1. The van der Waals surface area contributed by atoms with Gasteiger partial charge in [0.05, 0.1) is 11.0 Å². The van der Waals surface area contributed by atoms with Crippen molar-refractivity contribution >= 4 is 15.9 Å². The second kappa shape index (κ2) is 5.10. The molecule has 1 aromatic heterocycles. The molecule has 1 heterocycles. The van der Waals surface area contributed by atoms with Gasteiger partial charge in [-0.1, -0.05) is 6.07 Å². The number of nitrogens with zero attached hydrogens (tertiary/aromatic N) is 2. The maximum atomic E-state index is 13.1. The Kier molecular flexibility index (Phi) is 3.71. The molecule has 18 heavy (non-hydrogen) atoms. The van der Waals surface area contributed by atoms with Gasteiger partial charge in [0.2, 0.25) is 0 Å². The number of aromatic nitrogens is 2. The van der Waals surface area contributed by atoms with Gasteiger partial charge in [-0.05, 0) is 47.5 Å². The molecule has 0 amide bonds. The lowest BCUT2D eigenvalue weighted by molar-refractivity contribution is 0.561. The lowest BCUT2D eigenvalue weighted by Crippen LogP contribution is -2.25. The van der Waals surface area contributed by atoms with Crippen LogP contribution in [0.2, 0.25) is 0 Å². The first-order chi connectivity index (χ1) is 8.49. The summed E-state index contributed by atoms with van der Waals surface area (Å²) < 4.78 is 16.8. The fraction of sp³-hybridized carbons (Fsp3) is 0.308. The Balaban J connectivity index is 2.29. The average Bonchev–Trinajstić information content (AvgIpc) is 2.66. The normalized spacial score (nSPS) is 11.2. The van der Waals surface area contributed by atoms with E-state index in [9.17, 15) is 9.18 Å². The van der Waals surface area contributed by atoms with Crippen molar-refractivity contribution in [3.05, 3.63) is 56.9 Å². The Morgan fingerprint density at radius 3 is 2.61 bits per heavy atom. The maximum absolute atomic E-state index is 13.1. The van der Waals surface area contributed by atoms with Crippen molar-refractivity contribution in [1.82, 2.24) is 9.13 Å². The number of benzene rings is 1. The van der Waals surface area contributed by atoms with Gasteiger partial charge in [-0.15, -0.1) is 0 Å². The zero-order chi connectivity index (χ0) is 13.3. The van der Waals surface area contributed by atoms with Crippen LogP contribution in [0.3, 0.4) is 0 Å². The predicted octanol–water partition coefficient (Wildman–Crippen LogP) is 3.18. The minimum Gasteiger partial charge on any atom is -0.297 e. The van der Waals surface area contributed by atoms with Gasteiger partial charge in [0.25, 0.3) is 0 Å². The van der Waals surface area contributed by atoms with E-state index < -0.39 is 0 Å². The SMILES string of the molecule is CC(C)n1ccn(Cc2ccc(F)c(Br)c2)c1=O. The van der Waals surface area contributed by atoms with Crippen molar-refractivity contribution in [3.8, 4) is 0 Å². The van der Waals surface area contributed by atoms with Gasteiger partial charge in [0.15, 0.2) is 0 Å². The average molecular weight is 313 g/mol. The summed E-state index contributed by atoms with van der Waals surface area (Å²) in [6.45, 7) is 4.36. The van der Waals surface area contributed by atoms with Crippen molar-refractivity contribution < 1.29 is 4.39 Å². The van der Waals surface area contributed by atoms with Crippen LogP contribution in [0.1, 0.15) is 25.5 Å². The Bertz CT molecular complexity index is 616. The van der Waals surface area contributed by atoms with Gasteiger partial charge in [0.1, 0.15) is 5.82 Å². The molecule has 2 rings (SSSR count). The van der Waals surface area contributed by atoms with Crippen LogP contribution >= 0.6 is 15.9 Å². The van der Waals surface area contributed by atoms with E-state index in [1.165, 1.54) is 6.07 Å². The van der Waals surface area contributed by atoms with Crippen LogP contribution < -0.4 is 5.69 Å². The smallest absolute Gasteiger partial charge is 0.297 e. The molecule has 0 aliphatic rings. The van der Waals surface area contributed by atoms with E-state index in [1.807, 2.05) is 13.8 Å². The molecule has 2 aromatic rings. The molecule has 0 aliphatic carbocycles. The third-order valence-electron chi connectivity index (χ3n) is 2.77. The molecular formula is C13H14BrFN2O. The number of rotatable bonds is 3. The van der Waals surface area contributed by atoms with Gasteiger partial charge < -0.3 is 0 Å². The van der Waals surface area contributed by atoms with E-state index in [2.05, 4.69) is 15.9 Å². The summed E-state index contributed by atoms with van der Waals surface area (Å²) >= 11 is 3.14. The molecule has 0 bridgehead atoms. The fourth-order valence-corrected chi connectivity index (χ4v) is 2.20. The van der Waals surface area contributed by atoms with Gasteiger partial charge in [-0.2, -0.15) is 0 Å². The van der Waals surface area contributed by atoms with Crippen molar-refractivity contribution in [1.29, 1.82) is 0 Å². The summed E-state index contributed by atoms with van der Waals surface area (Å²) in [6, 6.07) is 4.90. The molecule has 0 spiro atoms. The molecule has 0 aliphatic heterocycles. The molecule has 0 unspecified atom stereocenters. The Morgan fingerprint density at radius 2 is 2.06 bits per heavy atom. The van der Waals surface area contributed by atoms with E-state index in [1.54, 1.807) is 33.7 Å². The molecule has 5 heteroatoms. The minimum atomic E-state index is -0.300. The molecule has 0 saturated carbocycles. The largest absolute Gasteiger partial charge is 0.328 e. The van der Waals surface area contributed by atoms with Crippen molar-refractivity contribution in [2.75, 3.05) is 0 Å². The highest BCUT2D eigenvalue weighted by Crippen LogP contribution is 2.17. The first-order valence-electron chi connectivity index (χ1n) is 5.70. The summed E-state index contributed by atoms with van der Waals surface area (Å²) in [4.78, 5) is 12.0. The van der Waals surface area contributed by atoms with E-state index in [4.69, 9.17) is 0 Å². The molecule has 3 nitrogen and oxygen atoms in total. The van der Waals surface area contributed by atoms with Crippen LogP contribution in [0.15, 0.2) is 39.9 Å². The van der Waals surface area contributed by atoms with Crippen molar-refractivity contribution in [3.63, 3.8) is 0 Å². The molecule has 0 radical (unpaired) electrons. The van der Waals surface area contributed by atoms with Crippen LogP contribution in [-0.4, -0.2) is 9.13 Å². The third-order valence-corrected chi connectivity index (χ3v) is 3.37. The molecule has 0 fully saturated rings. The molecule has 1 aromatic carbocycles. The second-order valence-electron chi connectivity index (χ2n) is 4.46. The predicted molar refractivity (Wildman–Crippen MR) is 72.3 cm³/mol. The molecule has 0 saturated heterocycles. The van der Waals surface area contributed by atoms with Gasteiger partial charge in [0, 0.05) is 18.4 Å². The maximum Gasteiger partial charge on any atom is 0.328 e. The summed E-state index contributed by atoms with van der Waals surface area (Å²) in [5.74, 6) is -0.300. The van der Waals surface area contributed by atoms with Crippen molar-refractivity contribution in [2.24, 2.45) is 0 Å². The molecular weight excluding hydrogens is 299 g/mol. The Labute approximate surface area is 113 Å². The highest BCUT2D eigenvalue weighted by Gasteiger charge is 2.07. The number of halogens is 2. The summed E-state index contributed by atoms with van der Waals surface area (Å²) in [7, 11) is 0. The van der Waals surface area contributed by atoms with Crippen LogP contribution in [0.4, 0.5) is 4.39 Å². The quantitative estimate of drug-likeness (QED) is 0.855. The fourth-order valence-electron chi connectivity index (χ4n) is 1.78. The Morgan fingerprint density at radius 1 is 1.33 bits per heavy atom. The molecule has 0 N–H and O–H groups in total. The van der Waals surface area contributed by atoms with Crippen molar-refractivity contribution in [2.45, 2.75) is 26.4 Å². The van der Waals surface area contributed by atoms with E-state index >= 15 is 0 Å². The standard InChI is InChI=1S/C13H14BrFN2O/c1-9(2)17-6-5-16(13(17)18)8-10-3-4-12(15)11(14)7-10/h3-7,9H,8H2,1-2H3. The van der Waals surface area contributed by atoms with E-state index in [0.29, 0.717) is 11.0 Å². The van der Waals surface area contributed by atoms with E-state index in [0.717, 1.165) is 5.56 Å². The zero-order valence-corrected chi connectivity index (χ0v) is 11.8.